The van der Waals surface area contributed by atoms with Crippen molar-refractivity contribution in [3.63, 3.8) is 0 Å². The first-order valence-corrected chi connectivity index (χ1v) is 6.74. The lowest BCUT2D eigenvalue weighted by molar-refractivity contribution is -0.385. The second-order valence-corrected chi connectivity index (χ2v) is 5.16. The monoisotopic (exact) mass is 295 g/mol. The molecule has 2 aromatic heterocycles. The van der Waals surface area contributed by atoms with Gasteiger partial charge in [-0.15, -0.1) is 10.2 Å². The maximum atomic E-state index is 11.8. The summed E-state index contributed by atoms with van der Waals surface area (Å²) in [5.74, 6) is 0. The molecule has 0 aliphatic carbocycles. The summed E-state index contributed by atoms with van der Waals surface area (Å²) in [5.41, 5.74) is -0.0313. The minimum atomic E-state index is -0.505. The Hall–Kier alpha value is -2.29. The standard InChI is InChI=1S/C11H13N5O3S/c1-3-12-11-14-13-9(20-11)6-15-5-8(16(18)19)7(2)4-10(15)17/h4-5H,3,6H2,1-2H3,(H,12,14). The molecule has 2 aromatic rings. The van der Waals surface area contributed by atoms with Crippen LogP contribution in [0.15, 0.2) is 17.1 Å². The number of hydrogen-bond donors (Lipinski definition) is 1. The normalized spacial score (nSPS) is 10.5. The van der Waals surface area contributed by atoms with E-state index < -0.39 is 4.92 Å². The van der Waals surface area contributed by atoms with Crippen molar-refractivity contribution < 1.29 is 4.92 Å². The van der Waals surface area contributed by atoms with Crippen molar-refractivity contribution in [3.8, 4) is 0 Å². The second-order valence-electron chi connectivity index (χ2n) is 4.10. The molecule has 0 aliphatic heterocycles. The molecular formula is C11H13N5O3S. The van der Waals surface area contributed by atoms with Crippen LogP contribution >= 0.6 is 11.3 Å². The van der Waals surface area contributed by atoms with E-state index in [0.29, 0.717) is 15.7 Å². The number of anilines is 1. The molecule has 2 heterocycles. The molecule has 0 saturated heterocycles. The molecular weight excluding hydrogens is 282 g/mol. The van der Waals surface area contributed by atoms with Crippen LogP contribution in [0.5, 0.6) is 0 Å². The first kappa shape index (κ1) is 14.1. The van der Waals surface area contributed by atoms with Crippen molar-refractivity contribution in [1.29, 1.82) is 0 Å². The van der Waals surface area contributed by atoms with Gasteiger partial charge in [0.15, 0.2) is 0 Å². The molecule has 0 radical (unpaired) electrons. The van der Waals surface area contributed by atoms with E-state index in [1.807, 2.05) is 6.92 Å². The van der Waals surface area contributed by atoms with Gasteiger partial charge >= 0.3 is 0 Å². The highest BCUT2D eigenvalue weighted by molar-refractivity contribution is 7.15. The number of aromatic nitrogens is 3. The molecule has 0 fully saturated rings. The highest BCUT2D eigenvalue weighted by Crippen LogP contribution is 2.18. The van der Waals surface area contributed by atoms with Gasteiger partial charge in [-0.2, -0.15) is 0 Å². The van der Waals surface area contributed by atoms with Crippen LogP contribution in [0.1, 0.15) is 17.5 Å². The van der Waals surface area contributed by atoms with Gasteiger partial charge in [0, 0.05) is 18.2 Å². The third-order valence-corrected chi connectivity index (χ3v) is 3.47. The summed E-state index contributed by atoms with van der Waals surface area (Å²) in [6.07, 6.45) is 1.24. The molecule has 0 amide bonds. The Bertz CT molecular complexity index is 694. The van der Waals surface area contributed by atoms with E-state index >= 15 is 0 Å². The minimum Gasteiger partial charge on any atom is -0.360 e. The molecule has 20 heavy (non-hydrogen) atoms. The number of nitrogens with one attached hydrogen (secondary N) is 1. The summed E-state index contributed by atoms with van der Waals surface area (Å²) in [6, 6.07) is 1.25. The van der Waals surface area contributed by atoms with Crippen LogP contribution in [0.4, 0.5) is 10.8 Å². The quantitative estimate of drug-likeness (QED) is 0.660. The maximum Gasteiger partial charge on any atom is 0.288 e. The van der Waals surface area contributed by atoms with E-state index in [1.165, 1.54) is 35.1 Å². The minimum absolute atomic E-state index is 0.0824. The lowest BCUT2D eigenvalue weighted by Crippen LogP contribution is -2.20. The van der Waals surface area contributed by atoms with Gasteiger partial charge in [0.1, 0.15) is 5.01 Å². The van der Waals surface area contributed by atoms with Gasteiger partial charge in [0.05, 0.1) is 17.7 Å². The predicted octanol–water partition coefficient (Wildman–Crippen LogP) is 1.40. The Morgan fingerprint density at radius 1 is 1.50 bits per heavy atom. The molecule has 106 valence electrons. The Labute approximate surface area is 118 Å². The van der Waals surface area contributed by atoms with Crippen LogP contribution in [-0.2, 0) is 6.54 Å². The van der Waals surface area contributed by atoms with Crippen molar-refractivity contribution in [1.82, 2.24) is 14.8 Å². The zero-order valence-electron chi connectivity index (χ0n) is 11.0. The summed E-state index contributed by atoms with van der Waals surface area (Å²) in [4.78, 5) is 22.2. The third kappa shape index (κ3) is 2.99. The summed E-state index contributed by atoms with van der Waals surface area (Å²) in [5, 5.41) is 23.0. The topological polar surface area (TPSA) is 103 Å². The van der Waals surface area contributed by atoms with Gasteiger partial charge < -0.3 is 9.88 Å². The van der Waals surface area contributed by atoms with Crippen LogP contribution < -0.4 is 10.9 Å². The second kappa shape index (κ2) is 5.78. The van der Waals surface area contributed by atoms with Gasteiger partial charge in [-0.1, -0.05) is 11.3 Å². The maximum absolute atomic E-state index is 11.8. The van der Waals surface area contributed by atoms with Crippen molar-refractivity contribution in [2.24, 2.45) is 0 Å². The van der Waals surface area contributed by atoms with Gasteiger partial charge in [0.2, 0.25) is 5.13 Å². The first-order valence-electron chi connectivity index (χ1n) is 5.93. The molecule has 0 aromatic carbocycles. The highest BCUT2D eigenvalue weighted by Gasteiger charge is 2.14. The summed E-state index contributed by atoms with van der Waals surface area (Å²) in [6.45, 7) is 4.38. The largest absolute Gasteiger partial charge is 0.360 e. The van der Waals surface area contributed by atoms with E-state index in [0.717, 1.165) is 6.54 Å². The average Bonchev–Trinajstić information content (AvgIpc) is 2.80. The summed E-state index contributed by atoms with van der Waals surface area (Å²) >= 11 is 1.32. The number of nitro groups is 1. The molecule has 0 atom stereocenters. The third-order valence-electron chi connectivity index (χ3n) is 2.60. The SMILES string of the molecule is CCNc1nnc(Cn2cc([N+](=O)[O-])c(C)cc2=O)s1. The van der Waals surface area contributed by atoms with Crippen LogP contribution in [0, 0.1) is 17.0 Å². The fourth-order valence-corrected chi connectivity index (χ4v) is 2.46. The lowest BCUT2D eigenvalue weighted by atomic mass is 10.2. The van der Waals surface area contributed by atoms with Crippen molar-refractivity contribution >= 4 is 22.2 Å². The zero-order valence-corrected chi connectivity index (χ0v) is 11.8. The van der Waals surface area contributed by atoms with Crippen LogP contribution in [0.3, 0.4) is 0 Å². The number of rotatable bonds is 5. The molecule has 0 saturated carbocycles. The Morgan fingerprint density at radius 2 is 2.25 bits per heavy atom. The Morgan fingerprint density at radius 3 is 2.90 bits per heavy atom. The van der Waals surface area contributed by atoms with Gasteiger partial charge in [0.25, 0.3) is 11.2 Å². The van der Waals surface area contributed by atoms with Crippen LogP contribution in [-0.4, -0.2) is 26.2 Å². The number of nitrogens with zero attached hydrogens (tertiary/aromatic N) is 4. The smallest absolute Gasteiger partial charge is 0.288 e. The zero-order chi connectivity index (χ0) is 14.7. The fourth-order valence-electron chi connectivity index (χ4n) is 1.66. The van der Waals surface area contributed by atoms with Crippen molar-refractivity contribution in [2.75, 3.05) is 11.9 Å². The lowest BCUT2D eigenvalue weighted by Gasteiger charge is -2.03. The van der Waals surface area contributed by atoms with Crippen molar-refractivity contribution in [3.05, 3.63) is 43.3 Å². The molecule has 1 N–H and O–H groups in total. The molecule has 9 heteroatoms. The predicted molar refractivity (Wildman–Crippen MR) is 75.3 cm³/mol. The van der Waals surface area contributed by atoms with E-state index in [1.54, 1.807) is 0 Å². The van der Waals surface area contributed by atoms with Crippen LogP contribution in [0.2, 0.25) is 0 Å². The van der Waals surface area contributed by atoms with Crippen molar-refractivity contribution in [2.45, 2.75) is 20.4 Å². The van der Waals surface area contributed by atoms with E-state index in [2.05, 4.69) is 15.5 Å². The highest BCUT2D eigenvalue weighted by atomic mass is 32.1. The molecule has 0 aliphatic rings. The molecule has 8 nitrogen and oxygen atoms in total. The summed E-state index contributed by atoms with van der Waals surface area (Å²) in [7, 11) is 0. The molecule has 0 spiro atoms. The number of pyridine rings is 1. The Balaban J connectivity index is 2.30. The van der Waals surface area contributed by atoms with Crippen LogP contribution in [0.25, 0.3) is 0 Å². The van der Waals surface area contributed by atoms with Gasteiger partial charge in [-0.25, -0.2) is 0 Å². The van der Waals surface area contributed by atoms with E-state index in [9.17, 15) is 14.9 Å². The number of aryl methyl sites for hydroxylation is 1. The van der Waals surface area contributed by atoms with Gasteiger partial charge in [-0.3, -0.25) is 14.9 Å². The average molecular weight is 295 g/mol. The van der Waals surface area contributed by atoms with E-state index in [4.69, 9.17) is 0 Å². The molecule has 0 unspecified atom stereocenters. The summed E-state index contributed by atoms with van der Waals surface area (Å²) < 4.78 is 1.27. The Kier molecular flexibility index (Phi) is 4.08. The number of hydrogen-bond acceptors (Lipinski definition) is 7. The first-order chi connectivity index (χ1) is 9.51. The molecule has 0 bridgehead atoms. The molecule has 2 rings (SSSR count). The van der Waals surface area contributed by atoms with Gasteiger partial charge in [-0.05, 0) is 13.8 Å². The fraction of sp³-hybridized carbons (Fsp3) is 0.364. The van der Waals surface area contributed by atoms with E-state index in [-0.39, 0.29) is 17.8 Å².